The van der Waals surface area contributed by atoms with Gasteiger partial charge in [0.05, 0.1) is 4.88 Å². The molecule has 138 valence electrons. The number of thiophene rings is 1. The van der Waals surface area contributed by atoms with E-state index in [9.17, 15) is 4.79 Å². The lowest BCUT2D eigenvalue weighted by molar-refractivity contribution is -0.126. The second-order valence-electron chi connectivity index (χ2n) is 6.03. The molecule has 1 saturated heterocycles. The van der Waals surface area contributed by atoms with Crippen molar-refractivity contribution in [3.05, 3.63) is 58.4 Å². The Bertz CT molecular complexity index is 946. The first-order valence-electron chi connectivity index (χ1n) is 8.54. The van der Waals surface area contributed by atoms with Crippen molar-refractivity contribution in [2.75, 3.05) is 31.1 Å². The van der Waals surface area contributed by atoms with Crippen LogP contribution in [0.4, 0.5) is 5.13 Å². The number of carbonyl (C=O) groups excluding carboxylic acids is 1. The molecule has 1 fully saturated rings. The number of carbonyl (C=O) groups is 1. The van der Waals surface area contributed by atoms with Gasteiger partial charge >= 0.3 is 0 Å². The van der Waals surface area contributed by atoms with E-state index in [1.807, 2.05) is 40.6 Å². The van der Waals surface area contributed by atoms with Gasteiger partial charge in [-0.15, -0.1) is 21.5 Å². The lowest BCUT2D eigenvalue weighted by atomic mass is 10.2. The average molecular weight is 417 g/mol. The van der Waals surface area contributed by atoms with Gasteiger partial charge in [0, 0.05) is 37.3 Å². The third kappa shape index (κ3) is 4.21. The minimum atomic E-state index is 0.00566. The van der Waals surface area contributed by atoms with Gasteiger partial charge in [-0.2, -0.15) is 0 Å². The molecule has 0 atom stereocenters. The molecule has 1 aliphatic rings. The summed E-state index contributed by atoms with van der Waals surface area (Å²) in [5.74, 6) is 0.00566. The number of halogens is 1. The molecule has 0 N–H and O–H groups in total. The van der Waals surface area contributed by atoms with E-state index in [4.69, 9.17) is 11.6 Å². The molecule has 3 aromatic rings. The smallest absolute Gasteiger partial charge is 0.246 e. The van der Waals surface area contributed by atoms with Crippen molar-refractivity contribution in [1.82, 2.24) is 15.1 Å². The van der Waals surface area contributed by atoms with E-state index in [0.717, 1.165) is 33.7 Å². The Balaban J connectivity index is 1.35. The van der Waals surface area contributed by atoms with Crippen LogP contribution in [0.5, 0.6) is 0 Å². The first-order valence-corrected chi connectivity index (χ1v) is 10.6. The van der Waals surface area contributed by atoms with E-state index >= 15 is 0 Å². The Morgan fingerprint density at radius 2 is 1.89 bits per heavy atom. The van der Waals surface area contributed by atoms with Crippen LogP contribution in [0.15, 0.2) is 47.9 Å². The highest BCUT2D eigenvalue weighted by atomic mass is 35.5. The number of hydrogen-bond acceptors (Lipinski definition) is 6. The second kappa shape index (κ2) is 8.21. The molecular weight excluding hydrogens is 400 g/mol. The quantitative estimate of drug-likeness (QED) is 0.595. The summed E-state index contributed by atoms with van der Waals surface area (Å²) in [6.07, 6.45) is 3.37. The van der Waals surface area contributed by atoms with Gasteiger partial charge in [0.25, 0.3) is 0 Å². The maximum Gasteiger partial charge on any atom is 0.246 e. The summed E-state index contributed by atoms with van der Waals surface area (Å²) in [4.78, 5) is 17.6. The minimum absolute atomic E-state index is 0.00566. The van der Waals surface area contributed by atoms with Crippen LogP contribution >= 0.6 is 34.3 Å². The van der Waals surface area contributed by atoms with Crippen molar-refractivity contribution in [3.63, 3.8) is 0 Å². The van der Waals surface area contributed by atoms with Gasteiger partial charge < -0.3 is 9.80 Å². The number of hydrogen-bond donors (Lipinski definition) is 0. The molecule has 2 aromatic heterocycles. The van der Waals surface area contributed by atoms with Crippen LogP contribution in [0, 0.1) is 0 Å². The van der Waals surface area contributed by atoms with E-state index < -0.39 is 0 Å². The Kier molecular flexibility index (Phi) is 5.52. The summed E-state index contributed by atoms with van der Waals surface area (Å²) in [7, 11) is 0. The summed E-state index contributed by atoms with van der Waals surface area (Å²) >= 11 is 9.39. The number of benzene rings is 1. The fraction of sp³-hybridized carbons (Fsp3) is 0.211. The van der Waals surface area contributed by atoms with Crippen molar-refractivity contribution >= 4 is 51.4 Å². The van der Waals surface area contributed by atoms with Crippen molar-refractivity contribution in [3.8, 4) is 9.88 Å². The standard InChI is InChI=1S/C19H17ClN4OS2/c20-15-5-2-1-4-14(15)7-8-17(25)23-9-11-24(12-10-23)19-22-21-18(27-19)16-6-3-13-26-16/h1-8,13H,9-12H2/b8-7+. The van der Waals surface area contributed by atoms with Crippen LogP contribution in [0.2, 0.25) is 5.02 Å². The Labute approximate surface area is 170 Å². The molecular formula is C19H17ClN4OS2. The third-order valence-corrected chi connectivity index (χ3v) is 6.69. The molecule has 3 heterocycles. The fourth-order valence-electron chi connectivity index (χ4n) is 2.84. The second-order valence-corrected chi connectivity index (χ2v) is 8.35. The highest BCUT2D eigenvalue weighted by molar-refractivity contribution is 7.22. The van der Waals surface area contributed by atoms with Gasteiger partial charge in [0.1, 0.15) is 0 Å². The van der Waals surface area contributed by atoms with Gasteiger partial charge in [-0.3, -0.25) is 4.79 Å². The zero-order chi connectivity index (χ0) is 18.6. The third-order valence-electron chi connectivity index (χ3n) is 4.32. The largest absolute Gasteiger partial charge is 0.343 e. The maximum absolute atomic E-state index is 12.4. The van der Waals surface area contributed by atoms with Gasteiger partial charge in [-0.1, -0.05) is 47.2 Å². The molecule has 0 spiro atoms. The lowest BCUT2D eigenvalue weighted by Crippen LogP contribution is -2.48. The van der Waals surface area contributed by atoms with Gasteiger partial charge in [0.15, 0.2) is 5.01 Å². The van der Waals surface area contributed by atoms with E-state index in [1.165, 1.54) is 0 Å². The van der Waals surface area contributed by atoms with E-state index in [1.54, 1.807) is 34.8 Å². The van der Waals surface area contributed by atoms with Crippen LogP contribution < -0.4 is 4.90 Å². The molecule has 8 heteroatoms. The Hall–Kier alpha value is -2.22. The number of nitrogens with zero attached hydrogens (tertiary/aromatic N) is 4. The topological polar surface area (TPSA) is 49.3 Å². The summed E-state index contributed by atoms with van der Waals surface area (Å²) in [6.45, 7) is 2.84. The first kappa shape index (κ1) is 18.2. The fourth-order valence-corrected chi connectivity index (χ4v) is 4.73. The number of amides is 1. The van der Waals surface area contributed by atoms with Crippen molar-refractivity contribution in [1.29, 1.82) is 0 Å². The Morgan fingerprint density at radius 3 is 2.63 bits per heavy atom. The van der Waals surface area contributed by atoms with Gasteiger partial charge in [-0.05, 0) is 29.2 Å². The maximum atomic E-state index is 12.4. The number of aromatic nitrogens is 2. The summed E-state index contributed by atoms with van der Waals surface area (Å²) in [5, 5.41) is 13.2. The predicted molar refractivity (Wildman–Crippen MR) is 113 cm³/mol. The van der Waals surface area contributed by atoms with Crippen LogP contribution in [0.25, 0.3) is 16.0 Å². The Morgan fingerprint density at radius 1 is 1.07 bits per heavy atom. The van der Waals surface area contributed by atoms with Crippen molar-refractivity contribution in [2.45, 2.75) is 0 Å². The van der Waals surface area contributed by atoms with Gasteiger partial charge in [-0.25, -0.2) is 0 Å². The predicted octanol–water partition coefficient (Wildman–Crippen LogP) is 4.28. The highest BCUT2D eigenvalue weighted by Gasteiger charge is 2.22. The van der Waals surface area contributed by atoms with Crippen molar-refractivity contribution < 1.29 is 4.79 Å². The molecule has 5 nitrogen and oxygen atoms in total. The first-order chi connectivity index (χ1) is 13.2. The van der Waals surface area contributed by atoms with E-state index in [2.05, 4.69) is 21.2 Å². The molecule has 0 saturated carbocycles. The van der Waals surface area contributed by atoms with Crippen LogP contribution in [0.3, 0.4) is 0 Å². The van der Waals surface area contributed by atoms with Gasteiger partial charge in [0.2, 0.25) is 11.0 Å². The molecule has 1 aliphatic heterocycles. The highest BCUT2D eigenvalue weighted by Crippen LogP contribution is 2.31. The molecule has 0 radical (unpaired) electrons. The van der Waals surface area contributed by atoms with Crippen molar-refractivity contribution in [2.24, 2.45) is 0 Å². The SMILES string of the molecule is O=C(/C=C/c1ccccc1Cl)N1CCN(c2nnc(-c3cccs3)s2)CC1. The number of piperazine rings is 1. The summed E-state index contributed by atoms with van der Waals surface area (Å²) < 4.78 is 0. The lowest BCUT2D eigenvalue weighted by Gasteiger charge is -2.33. The van der Waals surface area contributed by atoms with Crippen LogP contribution in [0.1, 0.15) is 5.56 Å². The minimum Gasteiger partial charge on any atom is -0.343 e. The molecule has 1 amide bonds. The molecule has 0 aliphatic carbocycles. The zero-order valence-corrected chi connectivity index (χ0v) is 16.8. The summed E-state index contributed by atoms with van der Waals surface area (Å²) in [5.41, 5.74) is 0.848. The molecule has 0 unspecified atom stereocenters. The molecule has 4 rings (SSSR count). The normalized spacial score (nSPS) is 14.9. The monoisotopic (exact) mass is 416 g/mol. The van der Waals surface area contributed by atoms with Crippen LogP contribution in [-0.2, 0) is 4.79 Å². The van der Waals surface area contributed by atoms with E-state index in [-0.39, 0.29) is 5.91 Å². The van der Waals surface area contributed by atoms with E-state index in [0.29, 0.717) is 18.1 Å². The summed E-state index contributed by atoms with van der Waals surface area (Å²) in [6, 6.07) is 11.6. The van der Waals surface area contributed by atoms with Crippen LogP contribution in [-0.4, -0.2) is 47.2 Å². The molecule has 27 heavy (non-hydrogen) atoms. The average Bonchev–Trinajstić information content (AvgIpc) is 3.39. The molecule has 1 aromatic carbocycles. The number of anilines is 1. The number of rotatable bonds is 4. The molecule has 0 bridgehead atoms. The zero-order valence-electron chi connectivity index (χ0n) is 14.4.